The van der Waals surface area contributed by atoms with Gasteiger partial charge in [0.2, 0.25) is 0 Å². The van der Waals surface area contributed by atoms with Gasteiger partial charge in [-0.05, 0) is 30.7 Å². The predicted octanol–water partition coefficient (Wildman–Crippen LogP) is 4.91. The highest BCUT2D eigenvalue weighted by Gasteiger charge is 2.38. The Balaban J connectivity index is 1.76. The normalized spacial score (nSPS) is 15.2. The molecule has 4 heterocycles. The predicted molar refractivity (Wildman–Crippen MR) is 136 cm³/mol. The summed E-state index contributed by atoms with van der Waals surface area (Å²) in [6, 6.07) is 7.78. The van der Waals surface area contributed by atoms with Gasteiger partial charge in [0, 0.05) is 23.9 Å². The standard InChI is InChI=1S/C25H20ClF3N8O/c1-12-7-17(31)36-21(19(12)25(27,28)29)15-8-16-18-22(20(15)26)38-10-14(4-5-30)37(24(18)35-11-34-16)9-13-3-2-6-33-23(13)32/h2-3,6-8,11,14H,4,9-10H2,1H3,(H2,31,36)(H2,32,33)/t14-/m0/s1. The summed E-state index contributed by atoms with van der Waals surface area (Å²) < 4.78 is 48.3. The molecule has 194 valence electrons. The highest BCUT2D eigenvalue weighted by atomic mass is 35.5. The molecule has 0 fully saturated rings. The maximum absolute atomic E-state index is 14.1. The Morgan fingerprint density at radius 1 is 1.24 bits per heavy atom. The molecule has 1 atom stereocenters. The van der Waals surface area contributed by atoms with E-state index in [1.807, 2.05) is 4.90 Å². The van der Waals surface area contributed by atoms with Crippen molar-refractivity contribution in [2.45, 2.75) is 32.1 Å². The number of nitrogens with zero attached hydrogens (tertiary/aromatic N) is 6. The quantitative estimate of drug-likeness (QED) is 0.369. The van der Waals surface area contributed by atoms with Crippen LogP contribution in [-0.4, -0.2) is 32.6 Å². The molecule has 4 N–H and O–H groups in total. The third-order valence-corrected chi connectivity index (χ3v) is 6.68. The molecule has 0 amide bonds. The van der Waals surface area contributed by atoms with Crippen molar-refractivity contribution in [3.8, 4) is 23.1 Å². The number of pyridine rings is 2. The maximum Gasteiger partial charge on any atom is 0.418 e. The number of halogens is 4. The zero-order valence-corrected chi connectivity index (χ0v) is 20.7. The van der Waals surface area contributed by atoms with Crippen molar-refractivity contribution < 1.29 is 17.9 Å². The summed E-state index contributed by atoms with van der Waals surface area (Å²) in [5.41, 5.74) is 11.4. The van der Waals surface area contributed by atoms with Crippen molar-refractivity contribution in [2.24, 2.45) is 0 Å². The van der Waals surface area contributed by atoms with Crippen LogP contribution in [0.25, 0.3) is 22.2 Å². The van der Waals surface area contributed by atoms with Crippen LogP contribution in [-0.2, 0) is 12.7 Å². The number of nitriles is 1. The van der Waals surface area contributed by atoms with Crippen LogP contribution in [0.15, 0.2) is 36.8 Å². The Morgan fingerprint density at radius 2 is 2.03 bits per heavy atom. The first kappa shape index (κ1) is 25.3. The van der Waals surface area contributed by atoms with Crippen molar-refractivity contribution in [3.63, 3.8) is 0 Å². The number of hydrogen-bond acceptors (Lipinski definition) is 9. The Hall–Kier alpha value is -4.37. The Bertz CT molecular complexity index is 1600. The molecule has 0 radical (unpaired) electrons. The molecule has 13 heteroatoms. The second-order valence-electron chi connectivity index (χ2n) is 8.75. The number of anilines is 3. The highest BCUT2D eigenvalue weighted by molar-refractivity contribution is 6.36. The average Bonchev–Trinajstić information content (AvgIpc) is 3.00. The van der Waals surface area contributed by atoms with Gasteiger partial charge in [0.05, 0.1) is 45.7 Å². The topological polar surface area (TPSA) is 140 Å². The minimum atomic E-state index is -4.72. The molecule has 3 aromatic heterocycles. The highest BCUT2D eigenvalue weighted by Crippen LogP contribution is 2.48. The fourth-order valence-electron chi connectivity index (χ4n) is 4.61. The van der Waals surface area contributed by atoms with Gasteiger partial charge in [-0.2, -0.15) is 18.4 Å². The van der Waals surface area contributed by atoms with Crippen LogP contribution >= 0.6 is 11.6 Å². The number of rotatable bonds is 4. The first-order chi connectivity index (χ1) is 18.1. The maximum atomic E-state index is 14.1. The van der Waals surface area contributed by atoms with Crippen molar-refractivity contribution in [1.82, 2.24) is 19.9 Å². The van der Waals surface area contributed by atoms with E-state index in [0.29, 0.717) is 22.6 Å². The number of aryl methyl sites for hydroxylation is 1. The van der Waals surface area contributed by atoms with Crippen molar-refractivity contribution in [2.75, 3.05) is 23.0 Å². The van der Waals surface area contributed by atoms with Gasteiger partial charge in [0.15, 0.2) is 5.75 Å². The largest absolute Gasteiger partial charge is 0.489 e. The number of aromatic nitrogens is 4. The van der Waals surface area contributed by atoms with Gasteiger partial charge in [0.1, 0.15) is 30.4 Å². The molecule has 0 saturated heterocycles. The van der Waals surface area contributed by atoms with Gasteiger partial charge in [-0.1, -0.05) is 17.7 Å². The molecule has 0 spiro atoms. The first-order valence-electron chi connectivity index (χ1n) is 11.4. The summed E-state index contributed by atoms with van der Waals surface area (Å²) in [5.74, 6) is 0.711. The number of hydrogen-bond donors (Lipinski definition) is 2. The average molecular weight is 541 g/mol. The lowest BCUT2D eigenvalue weighted by Gasteiger charge is -2.29. The van der Waals surface area contributed by atoms with E-state index in [1.54, 1.807) is 18.3 Å². The molecule has 9 nitrogen and oxygen atoms in total. The molecule has 1 aromatic carbocycles. The van der Waals surface area contributed by atoms with E-state index in [4.69, 9.17) is 27.8 Å². The second-order valence-corrected chi connectivity index (χ2v) is 9.12. The number of ether oxygens (including phenoxy) is 1. The van der Waals surface area contributed by atoms with Gasteiger partial charge in [-0.3, -0.25) is 0 Å². The van der Waals surface area contributed by atoms with Crippen LogP contribution in [0.5, 0.6) is 5.75 Å². The van der Waals surface area contributed by atoms with Gasteiger partial charge in [-0.15, -0.1) is 0 Å². The van der Waals surface area contributed by atoms with Crippen LogP contribution < -0.4 is 21.1 Å². The van der Waals surface area contributed by atoms with E-state index in [-0.39, 0.29) is 52.8 Å². The Kier molecular flexibility index (Phi) is 6.32. The van der Waals surface area contributed by atoms with Crippen LogP contribution in [0.3, 0.4) is 0 Å². The van der Waals surface area contributed by atoms with Crippen molar-refractivity contribution >= 4 is 40.0 Å². The van der Waals surface area contributed by atoms with E-state index in [0.717, 1.165) is 6.07 Å². The fourth-order valence-corrected chi connectivity index (χ4v) is 4.91. The second kappa shape index (κ2) is 9.50. The summed E-state index contributed by atoms with van der Waals surface area (Å²) in [5, 5.41) is 9.80. The van der Waals surface area contributed by atoms with Crippen LogP contribution in [0.4, 0.5) is 30.6 Å². The van der Waals surface area contributed by atoms with Crippen LogP contribution in [0.1, 0.15) is 23.1 Å². The molecule has 0 bridgehead atoms. The molecule has 4 aromatic rings. The van der Waals surface area contributed by atoms with Gasteiger partial charge in [-0.25, -0.2) is 19.9 Å². The monoisotopic (exact) mass is 540 g/mol. The molecule has 0 saturated carbocycles. The van der Waals surface area contributed by atoms with Crippen molar-refractivity contribution in [3.05, 3.63) is 58.5 Å². The lowest BCUT2D eigenvalue weighted by molar-refractivity contribution is -0.137. The Morgan fingerprint density at radius 3 is 2.74 bits per heavy atom. The number of alkyl halides is 3. The smallest absolute Gasteiger partial charge is 0.418 e. The van der Waals surface area contributed by atoms with Gasteiger partial charge >= 0.3 is 6.18 Å². The fraction of sp³-hybridized carbons (Fsp3) is 0.240. The minimum Gasteiger partial charge on any atom is -0.489 e. The molecule has 0 unspecified atom stereocenters. The van der Waals surface area contributed by atoms with Crippen LogP contribution in [0, 0.1) is 18.3 Å². The van der Waals surface area contributed by atoms with Crippen LogP contribution in [0.2, 0.25) is 5.02 Å². The summed E-state index contributed by atoms with van der Waals surface area (Å²) in [6.07, 6.45) is -1.80. The number of benzene rings is 1. The lowest BCUT2D eigenvalue weighted by Crippen LogP contribution is -2.38. The van der Waals surface area contributed by atoms with E-state index >= 15 is 0 Å². The van der Waals surface area contributed by atoms with E-state index < -0.39 is 23.5 Å². The zero-order valence-electron chi connectivity index (χ0n) is 19.9. The minimum absolute atomic E-state index is 0.00211. The molecular weight excluding hydrogens is 521 g/mol. The third kappa shape index (κ3) is 4.35. The number of nitrogen functional groups attached to an aromatic ring is 2. The van der Waals surface area contributed by atoms with E-state index in [2.05, 4.69) is 26.0 Å². The molecule has 1 aliphatic rings. The van der Waals surface area contributed by atoms with Gasteiger partial charge < -0.3 is 21.1 Å². The number of nitrogens with two attached hydrogens (primary N) is 2. The van der Waals surface area contributed by atoms with Gasteiger partial charge in [0.25, 0.3) is 0 Å². The Labute approximate surface area is 219 Å². The summed E-state index contributed by atoms with van der Waals surface area (Å²) in [6.45, 7) is 1.55. The summed E-state index contributed by atoms with van der Waals surface area (Å²) in [4.78, 5) is 18.7. The SMILES string of the molecule is Cc1cc(N)nc(-c2cc3ncnc4c3c(c2Cl)OC[C@H](CC#N)N4Cc2cccnc2N)c1C(F)(F)F. The first-order valence-corrected chi connectivity index (χ1v) is 11.8. The molecule has 0 aliphatic carbocycles. The lowest BCUT2D eigenvalue weighted by atomic mass is 9.99. The van der Waals surface area contributed by atoms with E-state index in [9.17, 15) is 18.4 Å². The third-order valence-electron chi connectivity index (χ3n) is 6.30. The molecule has 5 rings (SSSR count). The van der Waals surface area contributed by atoms with E-state index in [1.165, 1.54) is 19.3 Å². The molecule has 1 aliphatic heterocycles. The van der Waals surface area contributed by atoms with Crippen molar-refractivity contribution in [1.29, 1.82) is 5.26 Å². The summed E-state index contributed by atoms with van der Waals surface area (Å²) in [7, 11) is 0. The molecule has 38 heavy (non-hydrogen) atoms. The molecular formula is C25H20ClF3N8O. The zero-order chi connectivity index (χ0) is 27.2. The summed E-state index contributed by atoms with van der Waals surface area (Å²) >= 11 is 6.74.